The maximum atomic E-state index is 13.6. The molecular weight excluding hydrogens is 580 g/mol. The highest BCUT2D eigenvalue weighted by atomic mass is 79.9. The van der Waals surface area contributed by atoms with Crippen LogP contribution in [0.1, 0.15) is 25.0 Å². The van der Waals surface area contributed by atoms with Crippen LogP contribution < -0.4 is 9.47 Å². The monoisotopic (exact) mass is 608 g/mol. The lowest BCUT2D eigenvalue weighted by molar-refractivity contribution is -0.145. The molecule has 0 radical (unpaired) electrons. The highest BCUT2D eigenvalue weighted by Crippen LogP contribution is 2.40. The van der Waals surface area contributed by atoms with E-state index >= 15 is 0 Å². The van der Waals surface area contributed by atoms with Gasteiger partial charge in [0.1, 0.15) is 0 Å². The van der Waals surface area contributed by atoms with Crippen molar-refractivity contribution >= 4 is 56.5 Å². The van der Waals surface area contributed by atoms with E-state index in [0.717, 1.165) is 16.8 Å². The maximum absolute atomic E-state index is 13.6. The number of aliphatic imine (C=N–C) groups is 1. The zero-order valence-electron chi connectivity index (χ0n) is 21.8. The summed E-state index contributed by atoms with van der Waals surface area (Å²) < 4.78 is 17.0. The molecule has 0 spiro atoms. The molecule has 202 valence electrons. The van der Waals surface area contributed by atoms with Gasteiger partial charge in [0.25, 0.3) is 5.91 Å². The van der Waals surface area contributed by atoms with Gasteiger partial charge in [0.2, 0.25) is 0 Å². The molecule has 3 aromatic rings. The van der Waals surface area contributed by atoms with Crippen LogP contribution in [0.15, 0.2) is 87.2 Å². The van der Waals surface area contributed by atoms with Crippen molar-refractivity contribution in [2.45, 2.75) is 20.3 Å². The average molecular weight is 610 g/mol. The van der Waals surface area contributed by atoms with Gasteiger partial charge in [-0.1, -0.05) is 48.5 Å². The molecule has 4 rings (SSSR count). The van der Waals surface area contributed by atoms with Gasteiger partial charge in [0.15, 0.2) is 23.3 Å². The molecule has 7 nitrogen and oxygen atoms in total. The molecule has 1 heterocycles. The fourth-order valence-corrected chi connectivity index (χ4v) is 5.45. The standard InChI is InChI=1S/C30H29BrN2O5S/c1-3-36-25-18-22(17-24(31)28(25)38-20-27(34)37-4-2)19-26-29(35)33(16-15-21-11-7-5-8-12-21)30(39-26)32-23-13-9-6-10-14-23/h5-14,17-19H,3-4,15-16,20H2,1-2H3/b26-19+,32-30?. The van der Waals surface area contributed by atoms with Crippen molar-refractivity contribution < 1.29 is 23.8 Å². The summed E-state index contributed by atoms with van der Waals surface area (Å²) in [6, 6.07) is 23.3. The first-order chi connectivity index (χ1) is 19.0. The summed E-state index contributed by atoms with van der Waals surface area (Å²) in [6.07, 6.45) is 2.53. The van der Waals surface area contributed by atoms with Gasteiger partial charge in [-0.05, 0) is 89.4 Å². The second-order valence-electron chi connectivity index (χ2n) is 8.39. The van der Waals surface area contributed by atoms with Crippen LogP contribution in [0.4, 0.5) is 5.69 Å². The third-order valence-electron chi connectivity index (χ3n) is 5.61. The lowest BCUT2D eigenvalue weighted by atomic mass is 10.1. The fourth-order valence-electron chi connectivity index (χ4n) is 3.85. The summed E-state index contributed by atoms with van der Waals surface area (Å²) >= 11 is 4.87. The van der Waals surface area contributed by atoms with Crippen molar-refractivity contribution in [2.75, 3.05) is 26.4 Å². The number of nitrogens with zero attached hydrogens (tertiary/aromatic N) is 2. The van der Waals surface area contributed by atoms with Crippen LogP contribution in [0.2, 0.25) is 0 Å². The van der Waals surface area contributed by atoms with Crippen LogP contribution in [-0.4, -0.2) is 48.3 Å². The van der Waals surface area contributed by atoms with E-state index in [2.05, 4.69) is 28.1 Å². The van der Waals surface area contributed by atoms with Crippen LogP contribution in [0.5, 0.6) is 11.5 Å². The number of amidine groups is 1. The first-order valence-electron chi connectivity index (χ1n) is 12.6. The first-order valence-corrected chi connectivity index (χ1v) is 14.2. The Morgan fingerprint density at radius 1 is 1.00 bits per heavy atom. The van der Waals surface area contributed by atoms with Gasteiger partial charge >= 0.3 is 5.97 Å². The Balaban J connectivity index is 1.62. The number of thioether (sulfide) groups is 1. The number of para-hydroxylation sites is 1. The number of hydrogen-bond donors (Lipinski definition) is 0. The lowest BCUT2D eigenvalue weighted by Crippen LogP contribution is -2.31. The largest absolute Gasteiger partial charge is 0.490 e. The summed E-state index contributed by atoms with van der Waals surface area (Å²) in [5, 5.41) is 0.631. The molecular formula is C30H29BrN2O5S. The molecule has 0 unspecified atom stereocenters. The lowest BCUT2D eigenvalue weighted by Gasteiger charge is -2.15. The molecule has 3 aromatic carbocycles. The van der Waals surface area contributed by atoms with Crippen LogP contribution in [0, 0.1) is 0 Å². The van der Waals surface area contributed by atoms with Crippen molar-refractivity contribution in [3.63, 3.8) is 0 Å². The molecule has 0 saturated carbocycles. The molecule has 1 amide bonds. The molecule has 39 heavy (non-hydrogen) atoms. The molecule has 9 heteroatoms. The van der Waals surface area contributed by atoms with Gasteiger partial charge in [-0.3, -0.25) is 9.69 Å². The smallest absolute Gasteiger partial charge is 0.344 e. The van der Waals surface area contributed by atoms with Crippen molar-refractivity contribution in [3.8, 4) is 11.5 Å². The molecule has 1 aliphatic rings. The Bertz CT molecular complexity index is 1360. The second kappa shape index (κ2) is 14.0. The third-order valence-corrected chi connectivity index (χ3v) is 7.20. The fraction of sp³-hybridized carbons (Fsp3) is 0.233. The molecule has 0 aliphatic carbocycles. The molecule has 1 fully saturated rings. The van der Waals surface area contributed by atoms with E-state index in [1.807, 2.05) is 67.6 Å². The van der Waals surface area contributed by atoms with E-state index in [4.69, 9.17) is 19.2 Å². The average Bonchev–Trinajstić information content (AvgIpc) is 3.21. The number of ether oxygens (including phenoxy) is 3. The number of halogens is 1. The van der Waals surface area contributed by atoms with Crippen LogP contribution in [0.3, 0.4) is 0 Å². The summed E-state index contributed by atoms with van der Waals surface area (Å²) in [6.45, 7) is 4.55. The number of amides is 1. The first kappa shape index (κ1) is 28.4. The summed E-state index contributed by atoms with van der Waals surface area (Å²) in [5.74, 6) is 0.278. The van der Waals surface area contributed by atoms with Crippen LogP contribution >= 0.6 is 27.7 Å². The Morgan fingerprint density at radius 2 is 1.72 bits per heavy atom. The number of carbonyl (C=O) groups excluding carboxylic acids is 2. The Morgan fingerprint density at radius 3 is 2.41 bits per heavy atom. The summed E-state index contributed by atoms with van der Waals surface area (Å²) in [4.78, 5) is 32.4. The highest BCUT2D eigenvalue weighted by Gasteiger charge is 2.33. The van der Waals surface area contributed by atoms with Crippen molar-refractivity contribution in [2.24, 2.45) is 4.99 Å². The van der Waals surface area contributed by atoms with Crippen LogP contribution in [0.25, 0.3) is 6.08 Å². The van der Waals surface area contributed by atoms with Gasteiger partial charge in [0.05, 0.1) is 28.3 Å². The van der Waals surface area contributed by atoms with Gasteiger partial charge in [-0.2, -0.15) is 0 Å². The molecule has 1 saturated heterocycles. The molecule has 1 aliphatic heterocycles. The van der Waals surface area contributed by atoms with Gasteiger partial charge < -0.3 is 14.2 Å². The minimum atomic E-state index is -0.466. The van der Waals surface area contributed by atoms with Crippen molar-refractivity contribution in [3.05, 3.63) is 93.3 Å². The van der Waals surface area contributed by atoms with E-state index in [1.54, 1.807) is 17.9 Å². The van der Waals surface area contributed by atoms with E-state index in [0.29, 0.717) is 45.6 Å². The zero-order valence-corrected chi connectivity index (χ0v) is 24.2. The van der Waals surface area contributed by atoms with E-state index < -0.39 is 5.97 Å². The highest BCUT2D eigenvalue weighted by molar-refractivity contribution is 9.10. The van der Waals surface area contributed by atoms with Gasteiger partial charge in [-0.25, -0.2) is 9.79 Å². The third kappa shape index (κ3) is 7.74. The zero-order chi connectivity index (χ0) is 27.6. The van der Waals surface area contributed by atoms with Crippen LogP contribution in [-0.2, 0) is 20.7 Å². The Kier molecular flexibility index (Phi) is 10.2. The topological polar surface area (TPSA) is 77.4 Å². The Hall–Kier alpha value is -3.56. The number of benzene rings is 3. The normalized spacial score (nSPS) is 15.2. The molecule has 0 N–H and O–H groups in total. The quantitative estimate of drug-likeness (QED) is 0.179. The van der Waals surface area contributed by atoms with Gasteiger partial charge in [-0.15, -0.1) is 0 Å². The second-order valence-corrected chi connectivity index (χ2v) is 10.3. The van der Waals surface area contributed by atoms with Crippen molar-refractivity contribution in [1.29, 1.82) is 0 Å². The predicted molar refractivity (Wildman–Crippen MR) is 158 cm³/mol. The molecule has 0 atom stereocenters. The number of esters is 1. The van der Waals surface area contributed by atoms with E-state index in [9.17, 15) is 9.59 Å². The van der Waals surface area contributed by atoms with Gasteiger partial charge in [0, 0.05) is 6.54 Å². The number of hydrogen-bond acceptors (Lipinski definition) is 7. The summed E-state index contributed by atoms with van der Waals surface area (Å²) in [5.41, 5.74) is 2.67. The number of carbonyl (C=O) groups is 2. The maximum Gasteiger partial charge on any atom is 0.344 e. The Labute approximate surface area is 241 Å². The molecule has 0 aromatic heterocycles. The SMILES string of the molecule is CCOC(=O)COc1c(Br)cc(/C=C2/SC(=Nc3ccccc3)N(CCc3ccccc3)C2=O)cc1OCC. The molecule has 0 bridgehead atoms. The minimum absolute atomic E-state index is 0.109. The predicted octanol–water partition coefficient (Wildman–Crippen LogP) is 6.64. The summed E-state index contributed by atoms with van der Waals surface area (Å²) in [7, 11) is 0. The van der Waals surface area contributed by atoms with E-state index in [1.165, 1.54) is 11.8 Å². The number of rotatable bonds is 11. The minimum Gasteiger partial charge on any atom is -0.490 e. The van der Waals surface area contributed by atoms with Crippen molar-refractivity contribution in [1.82, 2.24) is 4.90 Å². The van der Waals surface area contributed by atoms with E-state index in [-0.39, 0.29) is 19.1 Å².